The summed E-state index contributed by atoms with van der Waals surface area (Å²) in [6.07, 6.45) is 3.84. The highest BCUT2D eigenvalue weighted by atomic mass is 16.3. The van der Waals surface area contributed by atoms with E-state index in [1.165, 1.54) is 5.56 Å². The smallest absolute Gasteiger partial charge is 0.251 e. The molecule has 22 heavy (non-hydrogen) atoms. The van der Waals surface area contributed by atoms with Gasteiger partial charge < -0.3 is 10.4 Å². The van der Waals surface area contributed by atoms with Gasteiger partial charge in [0.1, 0.15) is 0 Å². The van der Waals surface area contributed by atoms with E-state index >= 15 is 0 Å². The van der Waals surface area contributed by atoms with Crippen molar-refractivity contribution >= 4 is 5.91 Å². The number of piperidine rings is 1. The first-order valence-electron chi connectivity index (χ1n) is 7.98. The van der Waals surface area contributed by atoms with Crippen LogP contribution in [0.15, 0.2) is 36.9 Å². The summed E-state index contributed by atoms with van der Waals surface area (Å²) in [6.45, 7) is 8.84. The standard InChI is InChI=1S/C18H26N2O2/c1-3-14(2)19-18(22)17-6-4-15(5-7-17)12-20-10-8-16(13-21)9-11-20/h3-7,14,16,21H,1,8-13H2,2H3,(H,19,22). The molecule has 1 atom stereocenters. The number of aliphatic hydroxyl groups is 1. The molecule has 4 nitrogen and oxygen atoms in total. The normalized spacial score (nSPS) is 17.9. The third-order valence-corrected chi connectivity index (χ3v) is 4.30. The van der Waals surface area contributed by atoms with Gasteiger partial charge in [-0.1, -0.05) is 18.2 Å². The molecule has 0 aromatic heterocycles. The molecule has 0 saturated carbocycles. The van der Waals surface area contributed by atoms with Crippen LogP contribution in [0.25, 0.3) is 0 Å². The summed E-state index contributed by atoms with van der Waals surface area (Å²) < 4.78 is 0. The Hall–Kier alpha value is -1.65. The fraction of sp³-hybridized carbons (Fsp3) is 0.500. The first-order chi connectivity index (χ1) is 10.6. The molecule has 1 amide bonds. The van der Waals surface area contributed by atoms with Crippen molar-refractivity contribution in [2.24, 2.45) is 5.92 Å². The second-order valence-electron chi connectivity index (χ2n) is 6.10. The van der Waals surface area contributed by atoms with Crippen LogP contribution < -0.4 is 5.32 Å². The zero-order chi connectivity index (χ0) is 15.9. The number of carbonyl (C=O) groups is 1. The maximum Gasteiger partial charge on any atom is 0.251 e. The van der Waals surface area contributed by atoms with Crippen molar-refractivity contribution in [1.29, 1.82) is 0 Å². The van der Waals surface area contributed by atoms with Crippen LogP contribution in [0.1, 0.15) is 35.7 Å². The van der Waals surface area contributed by atoms with Crippen molar-refractivity contribution in [3.8, 4) is 0 Å². The molecule has 0 aliphatic carbocycles. The lowest BCUT2D eigenvalue weighted by atomic mass is 9.97. The van der Waals surface area contributed by atoms with E-state index in [1.54, 1.807) is 6.08 Å². The fourth-order valence-electron chi connectivity index (χ4n) is 2.70. The number of nitrogens with one attached hydrogen (secondary N) is 1. The first-order valence-corrected chi connectivity index (χ1v) is 7.98. The molecule has 1 heterocycles. The number of likely N-dealkylation sites (tertiary alicyclic amines) is 1. The Morgan fingerprint density at radius 1 is 1.41 bits per heavy atom. The van der Waals surface area contributed by atoms with Gasteiger partial charge in [0, 0.05) is 24.8 Å². The molecule has 1 fully saturated rings. The summed E-state index contributed by atoms with van der Waals surface area (Å²) in [5.74, 6) is 0.400. The van der Waals surface area contributed by atoms with Crippen molar-refractivity contribution in [2.45, 2.75) is 32.4 Å². The molecule has 2 N–H and O–H groups in total. The quantitative estimate of drug-likeness (QED) is 0.792. The average molecular weight is 302 g/mol. The summed E-state index contributed by atoms with van der Waals surface area (Å²) in [4.78, 5) is 14.4. The van der Waals surface area contributed by atoms with Gasteiger partial charge in [-0.3, -0.25) is 9.69 Å². The van der Waals surface area contributed by atoms with Crippen molar-refractivity contribution in [3.63, 3.8) is 0 Å². The largest absolute Gasteiger partial charge is 0.396 e. The van der Waals surface area contributed by atoms with Crippen LogP contribution in [0.4, 0.5) is 0 Å². The van der Waals surface area contributed by atoms with E-state index in [2.05, 4.69) is 16.8 Å². The second kappa shape index (κ2) is 8.11. The van der Waals surface area contributed by atoms with Gasteiger partial charge in [-0.25, -0.2) is 0 Å². The second-order valence-corrected chi connectivity index (χ2v) is 6.10. The van der Waals surface area contributed by atoms with Crippen LogP contribution >= 0.6 is 0 Å². The number of hydrogen-bond acceptors (Lipinski definition) is 3. The SMILES string of the molecule is C=CC(C)NC(=O)c1ccc(CN2CCC(CO)CC2)cc1. The monoisotopic (exact) mass is 302 g/mol. The summed E-state index contributed by atoms with van der Waals surface area (Å²) in [5.41, 5.74) is 1.90. The van der Waals surface area contributed by atoms with E-state index in [0.717, 1.165) is 32.5 Å². The van der Waals surface area contributed by atoms with Crippen molar-refractivity contribution in [2.75, 3.05) is 19.7 Å². The highest BCUT2D eigenvalue weighted by Gasteiger charge is 2.18. The molecular formula is C18H26N2O2. The van der Waals surface area contributed by atoms with E-state index in [1.807, 2.05) is 31.2 Å². The number of carbonyl (C=O) groups excluding carboxylic acids is 1. The summed E-state index contributed by atoms with van der Waals surface area (Å²) in [7, 11) is 0. The fourth-order valence-corrected chi connectivity index (χ4v) is 2.70. The first kappa shape index (κ1) is 16.7. The van der Waals surface area contributed by atoms with E-state index < -0.39 is 0 Å². The maximum absolute atomic E-state index is 12.0. The molecule has 120 valence electrons. The van der Waals surface area contributed by atoms with Gasteiger partial charge in [-0.15, -0.1) is 6.58 Å². The van der Waals surface area contributed by atoms with E-state index in [9.17, 15) is 4.79 Å². The van der Waals surface area contributed by atoms with Gasteiger partial charge in [0.25, 0.3) is 5.91 Å². The lowest BCUT2D eigenvalue weighted by Gasteiger charge is -2.31. The molecule has 1 unspecified atom stereocenters. The number of benzene rings is 1. The van der Waals surface area contributed by atoms with Gasteiger partial charge in [-0.05, 0) is 56.5 Å². The number of nitrogens with zero attached hydrogens (tertiary/aromatic N) is 1. The highest BCUT2D eigenvalue weighted by molar-refractivity contribution is 5.94. The lowest BCUT2D eigenvalue weighted by Crippen LogP contribution is -2.34. The van der Waals surface area contributed by atoms with Crippen molar-refractivity contribution in [3.05, 3.63) is 48.0 Å². The summed E-state index contributed by atoms with van der Waals surface area (Å²) in [6, 6.07) is 7.76. The molecule has 1 aliphatic rings. The molecular weight excluding hydrogens is 276 g/mol. The Balaban J connectivity index is 1.87. The van der Waals surface area contributed by atoms with Crippen LogP contribution in [-0.2, 0) is 6.54 Å². The van der Waals surface area contributed by atoms with E-state index in [-0.39, 0.29) is 11.9 Å². The molecule has 1 aromatic rings. The Morgan fingerprint density at radius 2 is 2.05 bits per heavy atom. The van der Waals surface area contributed by atoms with Gasteiger partial charge in [0.05, 0.1) is 0 Å². The lowest BCUT2D eigenvalue weighted by molar-refractivity contribution is 0.0947. The molecule has 1 aromatic carbocycles. The summed E-state index contributed by atoms with van der Waals surface area (Å²) >= 11 is 0. The minimum absolute atomic E-state index is 0.0278. The third kappa shape index (κ3) is 4.68. The molecule has 0 spiro atoms. The third-order valence-electron chi connectivity index (χ3n) is 4.30. The number of rotatable bonds is 6. The summed E-state index contributed by atoms with van der Waals surface area (Å²) in [5, 5.41) is 12.0. The zero-order valence-corrected chi connectivity index (χ0v) is 13.3. The van der Waals surface area contributed by atoms with Gasteiger partial charge in [0.15, 0.2) is 0 Å². The topological polar surface area (TPSA) is 52.6 Å². The Morgan fingerprint density at radius 3 is 2.59 bits per heavy atom. The molecule has 0 radical (unpaired) electrons. The van der Waals surface area contributed by atoms with Crippen LogP contribution in [0.5, 0.6) is 0 Å². The van der Waals surface area contributed by atoms with Gasteiger partial charge in [0.2, 0.25) is 0 Å². The Kier molecular flexibility index (Phi) is 6.16. The van der Waals surface area contributed by atoms with Crippen molar-refractivity contribution < 1.29 is 9.90 Å². The predicted octanol–water partition coefficient (Wildman–Crippen LogP) is 2.20. The minimum atomic E-state index is -0.0669. The number of amides is 1. The predicted molar refractivity (Wildman–Crippen MR) is 88.7 cm³/mol. The zero-order valence-electron chi connectivity index (χ0n) is 13.3. The maximum atomic E-state index is 12.0. The van der Waals surface area contributed by atoms with Crippen LogP contribution in [0.3, 0.4) is 0 Å². The molecule has 1 saturated heterocycles. The van der Waals surface area contributed by atoms with E-state index in [0.29, 0.717) is 18.1 Å². The van der Waals surface area contributed by atoms with Crippen molar-refractivity contribution in [1.82, 2.24) is 10.2 Å². The van der Waals surface area contributed by atoms with Gasteiger partial charge in [-0.2, -0.15) is 0 Å². The van der Waals surface area contributed by atoms with E-state index in [4.69, 9.17) is 5.11 Å². The molecule has 0 bridgehead atoms. The molecule has 1 aliphatic heterocycles. The average Bonchev–Trinajstić information content (AvgIpc) is 2.56. The van der Waals surface area contributed by atoms with Crippen LogP contribution in [-0.4, -0.2) is 41.7 Å². The Bertz CT molecular complexity index is 490. The van der Waals surface area contributed by atoms with Gasteiger partial charge >= 0.3 is 0 Å². The minimum Gasteiger partial charge on any atom is -0.396 e. The number of aliphatic hydroxyl groups excluding tert-OH is 1. The molecule has 4 heteroatoms. The van der Waals surface area contributed by atoms with Crippen LogP contribution in [0, 0.1) is 5.92 Å². The van der Waals surface area contributed by atoms with Crippen LogP contribution in [0.2, 0.25) is 0 Å². The molecule has 2 rings (SSSR count). The highest BCUT2D eigenvalue weighted by Crippen LogP contribution is 2.18. The Labute approximate surface area is 132 Å². The number of hydrogen-bond donors (Lipinski definition) is 2.